The first-order valence-corrected chi connectivity index (χ1v) is 4.70. The first-order valence-electron chi connectivity index (χ1n) is 4.70. The highest BCUT2D eigenvalue weighted by molar-refractivity contribution is 5.67. The Labute approximate surface area is 88.1 Å². The maximum absolute atomic E-state index is 10.4. The van der Waals surface area contributed by atoms with Gasteiger partial charge in [-0.15, -0.1) is 0 Å². The van der Waals surface area contributed by atoms with Crippen molar-refractivity contribution in [2.75, 3.05) is 0 Å². The minimum Gasteiger partial charge on any atom is -0.490 e. The summed E-state index contributed by atoms with van der Waals surface area (Å²) in [6.07, 6.45) is -0.463. The van der Waals surface area contributed by atoms with Crippen molar-refractivity contribution in [2.45, 2.75) is 26.1 Å². The van der Waals surface area contributed by atoms with Crippen molar-refractivity contribution in [1.29, 1.82) is 0 Å². The van der Waals surface area contributed by atoms with Gasteiger partial charge < -0.3 is 14.9 Å². The van der Waals surface area contributed by atoms with Gasteiger partial charge in [0, 0.05) is 5.56 Å². The molecule has 2 N–H and O–H groups in total. The molecule has 0 saturated heterocycles. The zero-order valence-electron chi connectivity index (χ0n) is 8.51. The minimum absolute atomic E-state index is 0.0558. The number of aliphatic hydroxyl groups excluding tert-OH is 1. The number of rotatable bonds is 5. The molecule has 1 atom stereocenters. The van der Waals surface area contributed by atoms with Crippen LogP contribution in [0.15, 0.2) is 24.3 Å². The summed E-state index contributed by atoms with van der Waals surface area (Å²) >= 11 is 0. The zero-order valence-corrected chi connectivity index (χ0v) is 8.51. The summed E-state index contributed by atoms with van der Waals surface area (Å²) in [4.78, 5) is 10.4. The molecule has 0 aromatic heterocycles. The number of carboxylic acid groups (broad SMARTS) is 1. The summed E-state index contributed by atoms with van der Waals surface area (Å²) in [5, 5.41) is 17.6. The Balaban J connectivity index is 2.67. The van der Waals surface area contributed by atoms with E-state index in [1.165, 1.54) is 0 Å². The third-order valence-electron chi connectivity index (χ3n) is 1.93. The Morgan fingerprint density at radius 2 is 2.13 bits per heavy atom. The quantitative estimate of drug-likeness (QED) is 0.771. The van der Waals surface area contributed by atoms with Crippen LogP contribution in [-0.2, 0) is 11.4 Å². The molecular weight excluding hydrogens is 196 g/mol. The summed E-state index contributed by atoms with van der Waals surface area (Å²) in [6, 6.07) is 7.02. The highest BCUT2D eigenvalue weighted by atomic mass is 16.5. The smallest absolute Gasteiger partial charge is 0.307 e. The second kappa shape index (κ2) is 5.36. The Morgan fingerprint density at radius 3 is 2.73 bits per heavy atom. The van der Waals surface area contributed by atoms with Gasteiger partial charge in [-0.3, -0.25) is 4.79 Å². The summed E-state index contributed by atoms with van der Waals surface area (Å²) in [7, 11) is 0. The molecule has 0 bridgehead atoms. The van der Waals surface area contributed by atoms with Crippen LogP contribution in [0.5, 0.6) is 5.75 Å². The standard InChI is InChI=1S/C11H14O4/c1-8(6-11(13)14)15-10-5-3-2-4-9(10)7-12/h2-5,8,12H,6-7H2,1H3,(H,13,14)/t8-/m1/s1. The van der Waals surface area contributed by atoms with E-state index in [2.05, 4.69) is 0 Å². The SMILES string of the molecule is C[C@H](CC(=O)O)Oc1ccccc1CO. The second-order valence-corrected chi connectivity index (χ2v) is 3.29. The average Bonchev–Trinajstić information content (AvgIpc) is 2.17. The highest BCUT2D eigenvalue weighted by Gasteiger charge is 2.10. The van der Waals surface area contributed by atoms with E-state index >= 15 is 0 Å². The lowest BCUT2D eigenvalue weighted by Crippen LogP contribution is -2.17. The Bertz CT molecular complexity index is 335. The number of ether oxygens (including phenoxy) is 1. The first kappa shape index (κ1) is 11.5. The van der Waals surface area contributed by atoms with Crippen LogP contribution in [0.25, 0.3) is 0 Å². The van der Waals surface area contributed by atoms with E-state index in [-0.39, 0.29) is 13.0 Å². The Morgan fingerprint density at radius 1 is 1.47 bits per heavy atom. The minimum atomic E-state index is -0.899. The summed E-state index contributed by atoms with van der Waals surface area (Å²) in [5.74, 6) is -0.363. The van der Waals surface area contributed by atoms with Gasteiger partial charge in [0.2, 0.25) is 0 Å². The lowest BCUT2D eigenvalue weighted by atomic mass is 10.2. The van der Waals surface area contributed by atoms with Crippen LogP contribution in [0.4, 0.5) is 0 Å². The number of carboxylic acids is 1. The molecule has 0 unspecified atom stereocenters. The molecular formula is C11H14O4. The molecule has 0 aliphatic carbocycles. The van der Waals surface area contributed by atoms with Crippen LogP contribution in [-0.4, -0.2) is 22.3 Å². The van der Waals surface area contributed by atoms with Crippen LogP contribution in [0.1, 0.15) is 18.9 Å². The van der Waals surface area contributed by atoms with Gasteiger partial charge in [0.15, 0.2) is 0 Å². The number of benzene rings is 1. The topological polar surface area (TPSA) is 66.8 Å². The molecule has 4 heteroatoms. The molecule has 1 aromatic rings. The van der Waals surface area contributed by atoms with Crippen LogP contribution < -0.4 is 4.74 Å². The van der Waals surface area contributed by atoms with Crippen LogP contribution in [0.3, 0.4) is 0 Å². The second-order valence-electron chi connectivity index (χ2n) is 3.29. The summed E-state index contributed by atoms with van der Waals surface area (Å²) < 4.78 is 5.41. The molecule has 0 aliphatic rings. The number of hydrogen-bond acceptors (Lipinski definition) is 3. The number of hydrogen-bond donors (Lipinski definition) is 2. The Hall–Kier alpha value is -1.55. The van der Waals surface area contributed by atoms with E-state index in [9.17, 15) is 4.79 Å². The fraction of sp³-hybridized carbons (Fsp3) is 0.364. The van der Waals surface area contributed by atoms with Crippen molar-refractivity contribution in [3.05, 3.63) is 29.8 Å². The molecule has 1 aromatic carbocycles. The fourth-order valence-corrected chi connectivity index (χ4v) is 1.25. The third-order valence-corrected chi connectivity index (χ3v) is 1.93. The van der Waals surface area contributed by atoms with Gasteiger partial charge in [0.1, 0.15) is 11.9 Å². The molecule has 4 nitrogen and oxygen atoms in total. The molecule has 82 valence electrons. The van der Waals surface area contributed by atoms with Gasteiger partial charge in [-0.2, -0.15) is 0 Å². The van der Waals surface area contributed by atoms with Crippen molar-refractivity contribution in [3.63, 3.8) is 0 Å². The van der Waals surface area contributed by atoms with Crippen LogP contribution >= 0.6 is 0 Å². The number of aliphatic hydroxyl groups is 1. The molecule has 0 heterocycles. The molecule has 15 heavy (non-hydrogen) atoms. The number of para-hydroxylation sites is 1. The lowest BCUT2D eigenvalue weighted by molar-refractivity contribution is -0.138. The first-order chi connectivity index (χ1) is 7.13. The zero-order chi connectivity index (χ0) is 11.3. The molecule has 0 radical (unpaired) electrons. The molecule has 0 aliphatic heterocycles. The lowest BCUT2D eigenvalue weighted by Gasteiger charge is -2.14. The summed E-state index contributed by atoms with van der Waals surface area (Å²) in [5.41, 5.74) is 0.662. The van der Waals surface area contributed by atoms with Crippen molar-refractivity contribution in [1.82, 2.24) is 0 Å². The van der Waals surface area contributed by atoms with E-state index in [4.69, 9.17) is 14.9 Å². The van der Waals surface area contributed by atoms with Gasteiger partial charge in [-0.1, -0.05) is 18.2 Å². The van der Waals surface area contributed by atoms with E-state index in [1.54, 1.807) is 31.2 Å². The average molecular weight is 210 g/mol. The van der Waals surface area contributed by atoms with Gasteiger partial charge >= 0.3 is 5.97 Å². The van der Waals surface area contributed by atoms with Gasteiger partial charge in [0.25, 0.3) is 0 Å². The highest BCUT2D eigenvalue weighted by Crippen LogP contribution is 2.19. The predicted molar refractivity (Wildman–Crippen MR) is 54.7 cm³/mol. The van der Waals surface area contributed by atoms with Gasteiger partial charge in [0.05, 0.1) is 13.0 Å². The summed E-state index contributed by atoms with van der Waals surface area (Å²) in [6.45, 7) is 1.57. The normalized spacial score (nSPS) is 12.1. The van der Waals surface area contributed by atoms with Crippen LogP contribution in [0, 0.1) is 0 Å². The van der Waals surface area contributed by atoms with E-state index in [1.807, 2.05) is 0 Å². The number of aliphatic carboxylic acids is 1. The van der Waals surface area contributed by atoms with E-state index < -0.39 is 12.1 Å². The van der Waals surface area contributed by atoms with Crippen LogP contribution in [0.2, 0.25) is 0 Å². The number of carbonyl (C=O) groups is 1. The molecule has 1 rings (SSSR count). The molecule has 0 fully saturated rings. The van der Waals surface area contributed by atoms with Gasteiger partial charge in [-0.25, -0.2) is 0 Å². The maximum atomic E-state index is 10.4. The van der Waals surface area contributed by atoms with E-state index in [0.29, 0.717) is 11.3 Å². The molecule has 0 saturated carbocycles. The Kier molecular flexibility index (Phi) is 4.12. The van der Waals surface area contributed by atoms with E-state index in [0.717, 1.165) is 0 Å². The fourth-order valence-electron chi connectivity index (χ4n) is 1.25. The monoisotopic (exact) mass is 210 g/mol. The predicted octanol–water partition coefficient (Wildman–Crippen LogP) is 1.42. The van der Waals surface area contributed by atoms with Crippen molar-refractivity contribution in [3.8, 4) is 5.75 Å². The van der Waals surface area contributed by atoms with Gasteiger partial charge in [-0.05, 0) is 13.0 Å². The van der Waals surface area contributed by atoms with Crippen molar-refractivity contribution >= 4 is 5.97 Å². The maximum Gasteiger partial charge on any atom is 0.307 e. The molecule has 0 spiro atoms. The third kappa shape index (κ3) is 3.59. The molecule has 0 amide bonds. The largest absolute Gasteiger partial charge is 0.490 e. The van der Waals surface area contributed by atoms with Crippen molar-refractivity contribution < 1.29 is 19.7 Å². The van der Waals surface area contributed by atoms with Crippen molar-refractivity contribution in [2.24, 2.45) is 0 Å².